The molecule has 0 saturated carbocycles. The number of aliphatic hydroxyl groups is 1. The largest absolute Gasteiger partial charge is 0.464 e. The molecule has 3 unspecified atom stereocenters. The number of ether oxygens (including phenoxy) is 2. The van der Waals surface area contributed by atoms with E-state index in [0.717, 1.165) is 24.3 Å². The predicted octanol–water partition coefficient (Wildman–Crippen LogP) is 3.31. The molecule has 0 radical (unpaired) electrons. The van der Waals surface area contributed by atoms with Crippen molar-refractivity contribution in [2.45, 2.75) is 83.6 Å². The van der Waals surface area contributed by atoms with Gasteiger partial charge in [-0.2, -0.15) is 0 Å². The molecule has 2 heterocycles. The van der Waals surface area contributed by atoms with E-state index in [9.17, 15) is 14.7 Å². The standard InChI is InChI=1S/C21H34N2O5S/c1-5-27-19(25)17(23-20(26)28-21(2,3)4)18(24)16-11-10-15(29-16)13-14-9-7-6-8-12-22-14/h10-11,14,17-18,22,24H,5-9,12-13H2,1-4H3,(H,23,26). The van der Waals surface area contributed by atoms with Crippen LogP contribution >= 0.6 is 11.3 Å². The van der Waals surface area contributed by atoms with E-state index < -0.39 is 29.8 Å². The van der Waals surface area contributed by atoms with Crippen molar-refractivity contribution in [2.24, 2.45) is 0 Å². The minimum absolute atomic E-state index is 0.154. The summed E-state index contributed by atoms with van der Waals surface area (Å²) in [6, 6.07) is 2.99. The zero-order valence-corrected chi connectivity index (χ0v) is 18.6. The average Bonchev–Trinajstić information content (AvgIpc) is 2.93. The SMILES string of the molecule is CCOC(=O)C(NC(=O)OC(C)(C)C)C(O)c1ccc(CC2CCCCCN2)s1. The first kappa shape index (κ1) is 23.6. The number of aliphatic hydroxyl groups excluding tert-OH is 1. The molecule has 3 atom stereocenters. The number of thiophene rings is 1. The van der Waals surface area contributed by atoms with Crippen molar-refractivity contribution >= 4 is 23.4 Å². The highest BCUT2D eigenvalue weighted by atomic mass is 32.1. The van der Waals surface area contributed by atoms with Gasteiger partial charge < -0.3 is 25.2 Å². The fourth-order valence-corrected chi connectivity index (χ4v) is 4.39. The van der Waals surface area contributed by atoms with E-state index in [2.05, 4.69) is 10.6 Å². The number of rotatable bonds is 7. The normalized spacial score (nSPS) is 19.7. The third-order valence-corrected chi connectivity index (χ3v) is 5.79. The lowest BCUT2D eigenvalue weighted by Crippen LogP contribution is -2.47. The van der Waals surface area contributed by atoms with Crippen LogP contribution in [0.5, 0.6) is 0 Å². The quantitative estimate of drug-likeness (QED) is 0.579. The molecule has 3 N–H and O–H groups in total. The lowest BCUT2D eigenvalue weighted by molar-refractivity contribution is -0.148. The van der Waals surface area contributed by atoms with Crippen LogP contribution in [-0.2, 0) is 20.7 Å². The van der Waals surface area contributed by atoms with Gasteiger partial charge in [0.25, 0.3) is 0 Å². The van der Waals surface area contributed by atoms with Crippen LogP contribution in [-0.4, -0.2) is 48.0 Å². The zero-order chi connectivity index (χ0) is 21.4. The Balaban J connectivity index is 2.07. The Morgan fingerprint density at radius 2 is 2.07 bits per heavy atom. The number of esters is 1. The van der Waals surface area contributed by atoms with E-state index in [0.29, 0.717) is 10.9 Å². The van der Waals surface area contributed by atoms with Crippen LogP contribution in [0.25, 0.3) is 0 Å². The lowest BCUT2D eigenvalue weighted by Gasteiger charge is -2.25. The summed E-state index contributed by atoms with van der Waals surface area (Å²) in [7, 11) is 0. The van der Waals surface area contributed by atoms with E-state index in [-0.39, 0.29) is 6.61 Å². The van der Waals surface area contributed by atoms with Gasteiger partial charge in [0.15, 0.2) is 6.04 Å². The van der Waals surface area contributed by atoms with Crippen molar-refractivity contribution in [2.75, 3.05) is 13.2 Å². The smallest absolute Gasteiger partial charge is 0.408 e. The Kier molecular flexibility index (Phi) is 8.92. The van der Waals surface area contributed by atoms with Gasteiger partial charge in [-0.3, -0.25) is 0 Å². The second kappa shape index (κ2) is 10.9. The molecule has 164 valence electrons. The Hall–Kier alpha value is -1.64. The Morgan fingerprint density at radius 3 is 2.76 bits per heavy atom. The van der Waals surface area contributed by atoms with Crippen molar-refractivity contribution < 1.29 is 24.2 Å². The molecule has 1 aromatic rings. The van der Waals surface area contributed by atoms with Gasteiger partial charge in [0.1, 0.15) is 11.7 Å². The molecule has 0 spiro atoms. The minimum Gasteiger partial charge on any atom is -0.464 e. The fourth-order valence-electron chi connectivity index (χ4n) is 3.28. The van der Waals surface area contributed by atoms with E-state index in [1.165, 1.54) is 30.6 Å². The first-order chi connectivity index (χ1) is 13.7. The van der Waals surface area contributed by atoms with Gasteiger partial charge in [-0.15, -0.1) is 11.3 Å². The molecular weight excluding hydrogens is 392 g/mol. The summed E-state index contributed by atoms with van der Waals surface area (Å²) in [5.74, 6) is -0.689. The van der Waals surface area contributed by atoms with Crippen LogP contribution in [0.3, 0.4) is 0 Å². The van der Waals surface area contributed by atoms with Gasteiger partial charge in [-0.25, -0.2) is 9.59 Å². The molecule has 1 saturated heterocycles. The third-order valence-electron chi connectivity index (χ3n) is 4.61. The topological polar surface area (TPSA) is 96.9 Å². The number of carbonyl (C=O) groups excluding carboxylic acids is 2. The maximum absolute atomic E-state index is 12.4. The Labute approximate surface area is 177 Å². The van der Waals surface area contributed by atoms with Crippen LogP contribution in [0.4, 0.5) is 4.79 Å². The highest BCUT2D eigenvalue weighted by Crippen LogP contribution is 2.28. The van der Waals surface area contributed by atoms with Gasteiger partial charge in [0, 0.05) is 15.8 Å². The molecule has 0 aromatic carbocycles. The van der Waals surface area contributed by atoms with Gasteiger partial charge in [0.05, 0.1) is 6.61 Å². The number of carbonyl (C=O) groups is 2. The maximum atomic E-state index is 12.4. The molecule has 8 heteroatoms. The van der Waals surface area contributed by atoms with Gasteiger partial charge in [0.2, 0.25) is 0 Å². The summed E-state index contributed by atoms with van der Waals surface area (Å²) in [6.45, 7) is 8.07. The highest BCUT2D eigenvalue weighted by Gasteiger charge is 2.33. The molecular formula is C21H34N2O5S. The minimum atomic E-state index is -1.23. The first-order valence-electron chi connectivity index (χ1n) is 10.4. The number of amides is 1. The van der Waals surface area contributed by atoms with E-state index >= 15 is 0 Å². The molecule has 29 heavy (non-hydrogen) atoms. The van der Waals surface area contributed by atoms with Crippen molar-refractivity contribution in [1.82, 2.24) is 10.6 Å². The van der Waals surface area contributed by atoms with Crippen LogP contribution in [0.15, 0.2) is 12.1 Å². The summed E-state index contributed by atoms with van der Waals surface area (Å²) >= 11 is 1.46. The summed E-state index contributed by atoms with van der Waals surface area (Å²) in [5, 5.41) is 16.8. The lowest BCUT2D eigenvalue weighted by atomic mass is 10.1. The molecule has 1 aromatic heterocycles. The molecule has 2 rings (SSSR count). The summed E-state index contributed by atoms with van der Waals surface area (Å²) < 4.78 is 10.3. The molecule has 1 amide bonds. The summed E-state index contributed by atoms with van der Waals surface area (Å²) in [6.07, 6.45) is 3.75. The zero-order valence-electron chi connectivity index (χ0n) is 17.8. The molecule has 0 bridgehead atoms. The Bertz CT molecular complexity index is 662. The Morgan fingerprint density at radius 1 is 1.31 bits per heavy atom. The van der Waals surface area contributed by atoms with E-state index in [4.69, 9.17) is 9.47 Å². The third kappa shape index (κ3) is 7.95. The molecule has 7 nitrogen and oxygen atoms in total. The second-order valence-electron chi connectivity index (χ2n) is 8.33. The maximum Gasteiger partial charge on any atom is 0.408 e. The van der Waals surface area contributed by atoms with Crippen LogP contribution in [0.2, 0.25) is 0 Å². The van der Waals surface area contributed by atoms with Crippen LogP contribution in [0.1, 0.15) is 69.2 Å². The summed E-state index contributed by atoms with van der Waals surface area (Å²) in [5.41, 5.74) is -0.712. The molecule has 1 aliphatic heterocycles. The van der Waals surface area contributed by atoms with Crippen molar-refractivity contribution in [1.29, 1.82) is 0 Å². The van der Waals surface area contributed by atoms with Gasteiger partial charge in [-0.1, -0.05) is 12.8 Å². The number of hydrogen-bond donors (Lipinski definition) is 3. The molecule has 1 fully saturated rings. The second-order valence-corrected chi connectivity index (χ2v) is 9.53. The van der Waals surface area contributed by atoms with Crippen molar-refractivity contribution in [3.05, 3.63) is 21.9 Å². The van der Waals surface area contributed by atoms with Gasteiger partial charge >= 0.3 is 12.1 Å². The number of nitrogens with one attached hydrogen (secondary N) is 2. The monoisotopic (exact) mass is 426 g/mol. The van der Waals surface area contributed by atoms with E-state index in [1.807, 2.05) is 12.1 Å². The predicted molar refractivity (Wildman–Crippen MR) is 113 cm³/mol. The number of hydrogen-bond acceptors (Lipinski definition) is 7. The molecule has 0 aliphatic carbocycles. The number of alkyl carbamates (subject to hydrolysis) is 1. The highest BCUT2D eigenvalue weighted by molar-refractivity contribution is 7.12. The molecule has 1 aliphatic rings. The first-order valence-corrected chi connectivity index (χ1v) is 11.2. The van der Waals surface area contributed by atoms with Crippen molar-refractivity contribution in [3.63, 3.8) is 0 Å². The summed E-state index contributed by atoms with van der Waals surface area (Å²) in [4.78, 5) is 26.3. The van der Waals surface area contributed by atoms with Crippen LogP contribution in [0, 0.1) is 0 Å². The van der Waals surface area contributed by atoms with Crippen molar-refractivity contribution in [3.8, 4) is 0 Å². The van der Waals surface area contributed by atoms with Gasteiger partial charge in [-0.05, 0) is 65.6 Å². The van der Waals surface area contributed by atoms with E-state index in [1.54, 1.807) is 27.7 Å². The van der Waals surface area contributed by atoms with Crippen LogP contribution < -0.4 is 10.6 Å². The fraction of sp³-hybridized carbons (Fsp3) is 0.714. The average molecular weight is 427 g/mol.